The molecule has 1 aromatic heterocycles. The van der Waals surface area contributed by atoms with Gasteiger partial charge in [-0.25, -0.2) is 9.78 Å². The van der Waals surface area contributed by atoms with E-state index in [2.05, 4.69) is 4.98 Å². The third kappa shape index (κ3) is 2.62. The molecule has 0 aliphatic heterocycles. The lowest BCUT2D eigenvalue weighted by Crippen LogP contribution is -2.22. The molecule has 5 nitrogen and oxygen atoms in total. The topological polar surface area (TPSA) is 91.2 Å². The van der Waals surface area contributed by atoms with E-state index in [4.69, 9.17) is 16.2 Å². The van der Waals surface area contributed by atoms with Gasteiger partial charge >= 0.3 is 6.09 Å². The molecule has 0 unspecified atom stereocenters. The minimum Gasteiger partial charge on any atom is -0.397 e. The molecule has 0 radical (unpaired) electrons. The van der Waals surface area contributed by atoms with Gasteiger partial charge < -0.3 is 16.2 Å². The molecular formula is C11H17N3O2. The van der Waals surface area contributed by atoms with Crippen LogP contribution in [-0.4, -0.2) is 11.1 Å². The first kappa shape index (κ1) is 12.3. The Bertz CT molecular complexity index is 422. The van der Waals surface area contributed by atoms with Crippen molar-refractivity contribution in [3.05, 3.63) is 17.3 Å². The summed E-state index contributed by atoms with van der Waals surface area (Å²) >= 11 is 0. The van der Waals surface area contributed by atoms with Crippen molar-refractivity contribution in [1.29, 1.82) is 0 Å². The molecule has 4 N–H and O–H groups in total. The maximum atomic E-state index is 10.8. The third-order valence-corrected chi connectivity index (χ3v) is 2.22. The Labute approximate surface area is 94.8 Å². The average Bonchev–Trinajstić information content (AvgIpc) is 2.08. The van der Waals surface area contributed by atoms with Crippen LogP contribution in [0.5, 0.6) is 5.88 Å². The number of anilines is 1. The van der Waals surface area contributed by atoms with E-state index in [1.165, 1.54) is 0 Å². The number of aromatic nitrogens is 1. The summed E-state index contributed by atoms with van der Waals surface area (Å²) in [5, 5.41) is 0. The predicted molar refractivity (Wildman–Crippen MR) is 62.3 cm³/mol. The minimum atomic E-state index is -0.873. The number of primary amides is 1. The van der Waals surface area contributed by atoms with Gasteiger partial charge in [0.25, 0.3) is 0 Å². The zero-order valence-corrected chi connectivity index (χ0v) is 10.00. The van der Waals surface area contributed by atoms with Crippen LogP contribution in [0.2, 0.25) is 0 Å². The number of ether oxygens (including phenoxy) is 1. The quantitative estimate of drug-likeness (QED) is 0.758. The van der Waals surface area contributed by atoms with Crippen molar-refractivity contribution in [2.75, 3.05) is 5.73 Å². The molecule has 1 rings (SSSR count). The highest BCUT2D eigenvalue weighted by molar-refractivity contribution is 5.68. The lowest BCUT2D eigenvalue weighted by Gasteiger charge is -2.22. The summed E-state index contributed by atoms with van der Waals surface area (Å²) < 4.78 is 4.88. The van der Waals surface area contributed by atoms with Crippen LogP contribution in [0.25, 0.3) is 0 Å². The molecule has 0 fully saturated rings. The molecular weight excluding hydrogens is 206 g/mol. The van der Waals surface area contributed by atoms with Crippen LogP contribution in [0.15, 0.2) is 6.07 Å². The SMILES string of the molecule is Cc1nc(OC(N)=O)c(C(C)(C)C)cc1N. The number of carbonyl (C=O) groups is 1. The number of aryl methyl sites for hydroxylation is 1. The number of nitrogens with two attached hydrogens (primary N) is 2. The second-order valence-corrected chi connectivity index (χ2v) is 4.69. The highest BCUT2D eigenvalue weighted by atomic mass is 16.6. The van der Waals surface area contributed by atoms with Gasteiger partial charge in [0.05, 0.1) is 11.4 Å². The molecule has 1 aromatic rings. The standard InChI is InChI=1S/C11H17N3O2/c1-6-8(12)5-7(11(2,3)4)9(14-6)16-10(13)15/h5H,12H2,1-4H3,(H2,13,15). The largest absolute Gasteiger partial charge is 0.411 e. The zero-order valence-electron chi connectivity index (χ0n) is 10.00. The van der Waals surface area contributed by atoms with Gasteiger partial charge in [0.1, 0.15) is 0 Å². The molecule has 0 bridgehead atoms. The summed E-state index contributed by atoms with van der Waals surface area (Å²) in [7, 11) is 0. The highest BCUT2D eigenvalue weighted by Gasteiger charge is 2.22. The second kappa shape index (κ2) is 4.00. The summed E-state index contributed by atoms with van der Waals surface area (Å²) in [5.74, 6) is 0.228. The summed E-state index contributed by atoms with van der Waals surface area (Å²) in [6.45, 7) is 7.68. The Morgan fingerprint density at radius 2 is 2.00 bits per heavy atom. The Morgan fingerprint density at radius 1 is 1.44 bits per heavy atom. The first-order valence-corrected chi connectivity index (χ1v) is 4.96. The van der Waals surface area contributed by atoms with Gasteiger partial charge in [-0.2, -0.15) is 0 Å². The van der Waals surface area contributed by atoms with Gasteiger partial charge in [-0.05, 0) is 18.4 Å². The van der Waals surface area contributed by atoms with Gasteiger partial charge in [-0.1, -0.05) is 20.8 Å². The van der Waals surface area contributed by atoms with Gasteiger partial charge in [-0.3, -0.25) is 0 Å². The van der Waals surface area contributed by atoms with Gasteiger partial charge in [-0.15, -0.1) is 0 Å². The molecule has 0 saturated carbocycles. The molecule has 1 amide bonds. The zero-order chi connectivity index (χ0) is 12.5. The molecule has 1 heterocycles. The fourth-order valence-corrected chi connectivity index (χ4v) is 1.31. The van der Waals surface area contributed by atoms with Crippen LogP contribution in [0.4, 0.5) is 10.5 Å². The highest BCUT2D eigenvalue weighted by Crippen LogP contribution is 2.32. The molecule has 16 heavy (non-hydrogen) atoms. The molecule has 5 heteroatoms. The molecule has 0 aromatic carbocycles. The van der Waals surface area contributed by atoms with E-state index < -0.39 is 6.09 Å². The maximum Gasteiger partial charge on any atom is 0.411 e. The van der Waals surface area contributed by atoms with E-state index in [1.807, 2.05) is 20.8 Å². The van der Waals surface area contributed by atoms with Crippen LogP contribution in [-0.2, 0) is 5.41 Å². The van der Waals surface area contributed by atoms with Crippen molar-refractivity contribution >= 4 is 11.8 Å². The molecule has 0 aliphatic rings. The number of carbonyl (C=O) groups excluding carboxylic acids is 1. The Hall–Kier alpha value is -1.78. The Balaban J connectivity index is 3.33. The minimum absolute atomic E-state index is 0.223. The van der Waals surface area contributed by atoms with E-state index in [0.717, 1.165) is 5.56 Å². The van der Waals surface area contributed by atoms with E-state index in [-0.39, 0.29) is 11.3 Å². The normalized spacial score (nSPS) is 11.2. The van der Waals surface area contributed by atoms with Crippen molar-refractivity contribution in [2.24, 2.45) is 5.73 Å². The fraction of sp³-hybridized carbons (Fsp3) is 0.455. The number of amides is 1. The van der Waals surface area contributed by atoms with Crippen LogP contribution in [0.3, 0.4) is 0 Å². The smallest absolute Gasteiger partial charge is 0.397 e. The van der Waals surface area contributed by atoms with Gasteiger partial charge in [0.15, 0.2) is 0 Å². The van der Waals surface area contributed by atoms with Crippen LogP contribution in [0.1, 0.15) is 32.0 Å². The lowest BCUT2D eigenvalue weighted by atomic mass is 9.87. The second-order valence-electron chi connectivity index (χ2n) is 4.69. The molecule has 0 atom stereocenters. The predicted octanol–water partition coefficient (Wildman–Crippen LogP) is 1.73. The van der Waals surface area contributed by atoms with Crippen molar-refractivity contribution in [1.82, 2.24) is 4.98 Å². The van der Waals surface area contributed by atoms with Crippen LogP contribution >= 0.6 is 0 Å². The summed E-state index contributed by atoms with van der Waals surface area (Å²) in [6, 6.07) is 1.76. The maximum absolute atomic E-state index is 10.8. The third-order valence-electron chi connectivity index (χ3n) is 2.22. The van der Waals surface area contributed by atoms with E-state index in [9.17, 15) is 4.79 Å². The monoisotopic (exact) mass is 223 g/mol. The first-order chi connectivity index (χ1) is 7.21. The van der Waals surface area contributed by atoms with E-state index in [0.29, 0.717) is 11.4 Å². The number of nitrogens with zero attached hydrogens (tertiary/aromatic N) is 1. The van der Waals surface area contributed by atoms with Crippen molar-refractivity contribution < 1.29 is 9.53 Å². The molecule has 0 saturated heterocycles. The van der Waals surface area contributed by atoms with E-state index in [1.54, 1.807) is 13.0 Å². The average molecular weight is 223 g/mol. The number of nitrogen functional groups attached to an aromatic ring is 1. The number of hydrogen-bond donors (Lipinski definition) is 2. The van der Waals surface area contributed by atoms with Gasteiger partial charge in [0, 0.05) is 5.56 Å². The molecule has 0 aliphatic carbocycles. The number of pyridine rings is 1. The van der Waals surface area contributed by atoms with Crippen LogP contribution < -0.4 is 16.2 Å². The fourth-order valence-electron chi connectivity index (χ4n) is 1.31. The number of hydrogen-bond acceptors (Lipinski definition) is 4. The van der Waals surface area contributed by atoms with Gasteiger partial charge in [0.2, 0.25) is 5.88 Å². The van der Waals surface area contributed by atoms with Crippen LogP contribution in [0, 0.1) is 6.92 Å². The summed E-state index contributed by atoms with van der Waals surface area (Å²) in [4.78, 5) is 14.9. The van der Waals surface area contributed by atoms with Crippen molar-refractivity contribution in [3.63, 3.8) is 0 Å². The summed E-state index contributed by atoms with van der Waals surface area (Å²) in [6.07, 6.45) is -0.873. The van der Waals surface area contributed by atoms with Crippen molar-refractivity contribution in [2.45, 2.75) is 33.1 Å². The molecule has 0 spiro atoms. The summed E-state index contributed by atoms with van der Waals surface area (Å²) in [5.41, 5.74) is 12.5. The lowest BCUT2D eigenvalue weighted by molar-refractivity contribution is 0.208. The number of rotatable bonds is 1. The Morgan fingerprint density at radius 3 is 2.44 bits per heavy atom. The van der Waals surface area contributed by atoms with E-state index >= 15 is 0 Å². The molecule has 88 valence electrons. The van der Waals surface area contributed by atoms with Crippen molar-refractivity contribution in [3.8, 4) is 5.88 Å². The first-order valence-electron chi connectivity index (χ1n) is 4.96. The Kier molecular flexibility index (Phi) is 3.07.